The molecular weight excluding hydrogens is 192 g/mol. The highest BCUT2D eigenvalue weighted by atomic mass is 16.5. The first-order valence-corrected chi connectivity index (χ1v) is 5.59. The Morgan fingerprint density at radius 1 is 1.33 bits per heavy atom. The first-order chi connectivity index (χ1) is 7.29. The molecule has 1 fully saturated rings. The molecule has 0 N–H and O–H groups in total. The fraction of sp³-hybridized carbons (Fsp3) is 0.727. The average Bonchev–Trinajstić information content (AvgIpc) is 2.30. The minimum Gasteiger partial charge on any atom is -0.378 e. The smallest absolute Gasteiger partial charge is 0.320 e. The van der Waals surface area contributed by atoms with Gasteiger partial charge in [-0.1, -0.05) is 12.2 Å². The summed E-state index contributed by atoms with van der Waals surface area (Å²) in [6.07, 6.45) is 5.22. The summed E-state index contributed by atoms with van der Waals surface area (Å²) in [4.78, 5) is 15.9. The Balaban J connectivity index is 1.96. The van der Waals surface area contributed by atoms with Crippen LogP contribution >= 0.6 is 0 Å². The summed E-state index contributed by atoms with van der Waals surface area (Å²) in [6.45, 7) is 5.70. The number of hydrogen-bond acceptors (Lipinski definition) is 2. The van der Waals surface area contributed by atoms with E-state index in [-0.39, 0.29) is 12.1 Å². The third-order valence-electron chi connectivity index (χ3n) is 2.97. The molecule has 2 aliphatic heterocycles. The number of ether oxygens (including phenoxy) is 1. The topological polar surface area (TPSA) is 32.8 Å². The van der Waals surface area contributed by atoms with Crippen LogP contribution in [-0.4, -0.2) is 54.7 Å². The molecule has 2 amide bonds. The first kappa shape index (κ1) is 10.5. The monoisotopic (exact) mass is 210 g/mol. The predicted molar refractivity (Wildman–Crippen MR) is 57.7 cm³/mol. The van der Waals surface area contributed by atoms with Crippen LogP contribution in [0.5, 0.6) is 0 Å². The number of morpholine rings is 1. The second-order valence-corrected chi connectivity index (χ2v) is 4.03. The summed E-state index contributed by atoms with van der Waals surface area (Å²) in [5.74, 6) is 0. The van der Waals surface area contributed by atoms with Gasteiger partial charge in [-0.25, -0.2) is 4.79 Å². The van der Waals surface area contributed by atoms with Gasteiger partial charge in [0.15, 0.2) is 0 Å². The molecule has 4 heteroatoms. The van der Waals surface area contributed by atoms with Gasteiger partial charge in [-0.15, -0.1) is 0 Å². The lowest BCUT2D eigenvalue weighted by Crippen LogP contribution is -2.51. The van der Waals surface area contributed by atoms with Crippen LogP contribution < -0.4 is 0 Å². The van der Waals surface area contributed by atoms with Crippen molar-refractivity contribution in [2.24, 2.45) is 0 Å². The summed E-state index contributed by atoms with van der Waals surface area (Å²) in [7, 11) is 0. The van der Waals surface area contributed by atoms with E-state index in [9.17, 15) is 4.79 Å². The zero-order valence-corrected chi connectivity index (χ0v) is 9.19. The van der Waals surface area contributed by atoms with E-state index in [2.05, 4.69) is 19.1 Å². The summed E-state index contributed by atoms with van der Waals surface area (Å²) in [6, 6.07) is 0.393. The molecule has 2 heterocycles. The molecule has 0 aromatic heterocycles. The molecule has 1 atom stereocenters. The van der Waals surface area contributed by atoms with Gasteiger partial charge < -0.3 is 14.5 Å². The predicted octanol–water partition coefficient (Wildman–Crippen LogP) is 1.09. The van der Waals surface area contributed by atoms with Crippen LogP contribution in [0.2, 0.25) is 0 Å². The summed E-state index contributed by atoms with van der Waals surface area (Å²) in [5.41, 5.74) is 0. The van der Waals surface area contributed by atoms with Crippen LogP contribution in [0.3, 0.4) is 0 Å². The number of amides is 2. The molecule has 0 unspecified atom stereocenters. The molecule has 84 valence electrons. The minimum atomic E-state index is 0.162. The Morgan fingerprint density at radius 3 is 2.73 bits per heavy atom. The summed E-state index contributed by atoms with van der Waals surface area (Å²) in [5, 5.41) is 0. The van der Waals surface area contributed by atoms with E-state index >= 15 is 0 Å². The highest BCUT2D eigenvalue weighted by molar-refractivity contribution is 5.75. The van der Waals surface area contributed by atoms with E-state index in [0.29, 0.717) is 13.2 Å². The maximum absolute atomic E-state index is 12.1. The molecule has 2 aliphatic rings. The second kappa shape index (κ2) is 4.66. The van der Waals surface area contributed by atoms with Gasteiger partial charge in [-0.2, -0.15) is 0 Å². The second-order valence-electron chi connectivity index (χ2n) is 4.03. The van der Waals surface area contributed by atoms with Crippen LogP contribution in [0.25, 0.3) is 0 Å². The molecular formula is C11H18N2O2. The van der Waals surface area contributed by atoms with Crippen molar-refractivity contribution in [2.75, 3.05) is 32.8 Å². The molecule has 0 radical (unpaired) electrons. The highest BCUT2D eigenvalue weighted by Crippen LogP contribution is 2.13. The van der Waals surface area contributed by atoms with Gasteiger partial charge in [0.05, 0.1) is 13.2 Å². The van der Waals surface area contributed by atoms with Crippen LogP contribution in [-0.2, 0) is 4.74 Å². The van der Waals surface area contributed by atoms with Gasteiger partial charge in [0, 0.05) is 25.7 Å². The van der Waals surface area contributed by atoms with Gasteiger partial charge in [0.25, 0.3) is 0 Å². The van der Waals surface area contributed by atoms with Crippen LogP contribution in [0.1, 0.15) is 13.3 Å². The maximum Gasteiger partial charge on any atom is 0.320 e. The van der Waals surface area contributed by atoms with Crippen LogP contribution in [0.4, 0.5) is 4.79 Å². The molecule has 0 aromatic carbocycles. The minimum absolute atomic E-state index is 0.162. The van der Waals surface area contributed by atoms with Crippen molar-refractivity contribution in [3.8, 4) is 0 Å². The number of carbonyl (C=O) groups excluding carboxylic acids is 1. The Morgan fingerprint density at radius 2 is 2.07 bits per heavy atom. The van der Waals surface area contributed by atoms with E-state index in [1.165, 1.54) is 0 Å². The lowest BCUT2D eigenvalue weighted by molar-refractivity contribution is 0.0413. The third kappa shape index (κ3) is 2.31. The molecule has 1 saturated heterocycles. The van der Waals surface area contributed by atoms with E-state index in [4.69, 9.17) is 4.74 Å². The molecule has 2 rings (SSSR count). The van der Waals surface area contributed by atoms with Gasteiger partial charge in [-0.3, -0.25) is 0 Å². The molecule has 4 nitrogen and oxygen atoms in total. The zero-order chi connectivity index (χ0) is 10.7. The fourth-order valence-corrected chi connectivity index (χ4v) is 2.02. The van der Waals surface area contributed by atoms with E-state index in [1.807, 2.05) is 9.80 Å². The standard InChI is InChI=1S/C11H18N2O2/c1-10-4-2-3-5-13(10)11(14)12-6-8-15-9-7-12/h2,4,10H,3,5-9H2,1H3/t10-/m0/s1. The Hall–Kier alpha value is -1.03. The first-order valence-electron chi connectivity index (χ1n) is 5.59. The number of rotatable bonds is 0. The number of urea groups is 1. The van der Waals surface area contributed by atoms with Gasteiger partial charge in [0.1, 0.15) is 0 Å². The molecule has 0 saturated carbocycles. The number of hydrogen-bond donors (Lipinski definition) is 0. The highest BCUT2D eigenvalue weighted by Gasteiger charge is 2.26. The van der Waals surface area contributed by atoms with Crippen LogP contribution in [0, 0.1) is 0 Å². The molecule has 0 aliphatic carbocycles. The Bertz CT molecular complexity index is 259. The lowest BCUT2D eigenvalue weighted by Gasteiger charge is -2.36. The van der Waals surface area contributed by atoms with Crippen molar-refractivity contribution in [1.82, 2.24) is 9.80 Å². The van der Waals surface area contributed by atoms with Crippen molar-refractivity contribution in [3.05, 3.63) is 12.2 Å². The Labute approximate surface area is 90.5 Å². The average molecular weight is 210 g/mol. The lowest BCUT2D eigenvalue weighted by atomic mass is 10.1. The normalized spacial score (nSPS) is 26.9. The largest absolute Gasteiger partial charge is 0.378 e. The summed E-state index contributed by atoms with van der Waals surface area (Å²) < 4.78 is 5.24. The SMILES string of the molecule is C[C@H]1C=CCCN1C(=O)N1CCOCC1. The van der Waals surface area contributed by atoms with Crippen molar-refractivity contribution in [2.45, 2.75) is 19.4 Å². The number of carbonyl (C=O) groups is 1. The quantitative estimate of drug-likeness (QED) is 0.561. The van der Waals surface area contributed by atoms with Crippen molar-refractivity contribution < 1.29 is 9.53 Å². The van der Waals surface area contributed by atoms with Gasteiger partial charge in [0.2, 0.25) is 0 Å². The van der Waals surface area contributed by atoms with Crippen LogP contribution in [0.15, 0.2) is 12.2 Å². The van der Waals surface area contributed by atoms with E-state index in [0.717, 1.165) is 26.1 Å². The zero-order valence-electron chi connectivity index (χ0n) is 9.19. The molecule has 0 aromatic rings. The van der Waals surface area contributed by atoms with E-state index < -0.39 is 0 Å². The van der Waals surface area contributed by atoms with Crippen molar-refractivity contribution >= 4 is 6.03 Å². The van der Waals surface area contributed by atoms with Gasteiger partial charge >= 0.3 is 6.03 Å². The molecule has 15 heavy (non-hydrogen) atoms. The van der Waals surface area contributed by atoms with Crippen molar-refractivity contribution in [3.63, 3.8) is 0 Å². The Kier molecular flexibility index (Phi) is 3.26. The van der Waals surface area contributed by atoms with Crippen molar-refractivity contribution in [1.29, 1.82) is 0 Å². The molecule has 0 bridgehead atoms. The fourth-order valence-electron chi connectivity index (χ4n) is 2.02. The summed E-state index contributed by atoms with van der Waals surface area (Å²) >= 11 is 0. The number of nitrogens with zero attached hydrogens (tertiary/aromatic N) is 2. The maximum atomic E-state index is 12.1. The third-order valence-corrected chi connectivity index (χ3v) is 2.97. The van der Waals surface area contributed by atoms with Gasteiger partial charge in [-0.05, 0) is 13.3 Å². The molecule has 0 spiro atoms. The van der Waals surface area contributed by atoms with E-state index in [1.54, 1.807) is 0 Å².